The van der Waals surface area contributed by atoms with Crippen molar-refractivity contribution in [2.24, 2.45) is 5.92 Å². The molecule has 4 heteroatoms. The Bertz CT molecular complexity index is 321. The highest BCUT2D eigenvalue weighted by Crippen LogP contribution is 2.38. The highest BCUT2D eigenvalue weighted by Gasteiger charge is 2.47. The van der Waals surface area contributed by atoms with Gasteiger partial charge in [0.15, 0.2) is 0 Å². The maximum Gasteiger partial charge on any atom is 0.324 e. The van der Waals surface area contributed by atoms with E-state index in [4.69, 9.17) is 0 Å². The van der Waals surface area contributed by atoms with Crippen LogP contribution in [-0.4, -0.2) is 47.7 Å². The molecule has 2 fully saturated rings. The van der Waals surface area contributed by atoms with Crippen LogP contribution in [0, 0.1) is 5.92 Å². The van der Waals surface area contributed by atoms with E-state index in [9.17, 15) is 9.90 Å². The summed E-state index contributed by atoms with van der Waals surface area (Å²) in [4.78, 5) is 14.2. The van der Waals surface area contributed by atoms with Gasteiger partial charge in [-0.25, -0.2) is 0 Å². The van der Waals surface area contributed by atoms with E-state index in [0.29, 0.717) is 0 Å². The van der Waals surface area contributed by atoms with E-state index in [2.05, 4.69) is 17.1 Å². The summed E-state index contributed by atoms with van der Waals surface area (Å²) in [5.41, 5.74) is -0.665. The average Bonchev–Trinajstić information content (AvgIpc) is 3.02. The summed E-state index contributed by atoms with van der Waals surface area (Å²) in [7, 11) is 1.80. The highest BCUT2D eigenvalue weighted by molar-refractivity contribution is 5.79. The second-order valence-corrected chi connectivity index (χ2v) is 6.14. The van der Waals surface area contributed by atoms with Gasteiger partial charge in [0.05, 0.1) is 0 Å². The van der Waals surface area contributed by atoms with Gasteiger partial charge in [0.1, 0.15) is 5.54 Å². The van der Waals surface area contributed by atoms with Crippen LogP contribution in [0.2, 0.25) is 0 Å². The number of hydrogen-bond acceptors (Lipinski definition) is 3. The number of likely N-dealkylation sites (N-methyl/N-ethyl adjacent to an activating group) is 1. The number of carbonyl (C=O) groups is 1. The second-order valence-electron chi connectivity index (χ2n) is 6.14. The molecule has 19 heavy (non-hydrogen) atoms. The van der Waals surface area contributed by atoms with Crippen LogP contribution in [0.15, 0.2) is 0 Å². The monoisotopic (exact) mass is 268 g/mol. The third-order valence-corrected chi connectivity index (χ3v) is 5.38. The van der Waals surface area contributed by atoms with Gasteiger partial charge in [-0.1, -0.05) is 13.3 Å². The minimum Gasteiger partial charge on any atom is -0.480 e. The van der Waals surface area contributed by atoms with Gasteiger partial charge >= 0.3 is 5.97 Å². The zero-order chi connectivity index (χ0) is 13.9. The van der Waals surface area contributed by atoms with E-state index in [1.54, 1.807) is 7.05 Å². The number of nitrogens with zero attached hydrogens (tertiary/aromatic N) is 1. The lowest BCUT2D eigenvalue weighted by molar-refractivity contribution is -0.146. The van der Waals surface area contributed by atoms with E-state index in [0.717, 1.165) is 38.3 Å². The fraction of sp³-hybridized carbons (Fsp3) is 0.933. The molecule has 1 saturated carbocycles. The first-order chi connectivity index (χ1) is 9.14. The van der Waals surface area contributed by atoms with E-state index < -0.39 is 11.5 Å². The van der Waals surface area contributed by atoms with Crippen molar-refractivity contribution >= 4 is 5.97 Å². The Morgan fingerprint density at radius 2 is 2.21 bits per heavy atom. The van der Waals surface area contributed by atoms with Crippen molar-refractivity contribution in [1.82, 2.24) is 10.2 Å². The Kier molecular flexibility index (Phi) is 4.85. The van der Waals surface area contributed by atoms with E-state index in [1.165, 1.54) is 25.8 Å². The Morgan fingerprint density at radius 3 is 2.84 bits per heavy atom. The minimum atomic E-state index is -0.665. The number of likely N-dealkylation sites (tertiary alicyclic amines) is 1. The first-order valence-electron chi connectivity index (χ1n) is 7.80. The summed E-state index contributed by atoms with van der Waals surface area (Å²) >= 11 is 0. The topological polar surface area (TPSA) is 52.6 Å². The largest absolute Gasteiger partial charge is 0.480 e. The molecule has 1 aliphatic heterocycles. The summed E-state index contributed by atoms with van der Waals surface area (Å²) in [6, 6.07) is 0.732. The molecule has 0 aromatic rings. The molecular formula is C15H28N2O2. The average molecular weight is 268 g/mol. The third kappa shape index (κ3) is 2.79. The quantitative estimate of drug-likeness (QED) is 0.774. The zero-order valence-corrected chi connectivity index (χ0v) is 12.3. The van der Waals surface area contributed by atoms with Gasteiger partial charge in [0.2, 0.25) is 0 Å². The molecule has 4 nitrogen and oxygen atoms in total. The molecule has 0 radical (unpaired) electrons. The molecule has 1 saturated heterocycles. The van der Waals surface area contributed by atoms with E-state index >= 15 is 0 Å². The predicted octanol–water partition coefficient (Wildman–Crippen LogP) is 2.09. The molecule has 110 valence electrons. The second kappa shape index (κ2) is 6.23. The fourth-order valence-electron chi connectivity index (χ4n) is 4.16. The molecule has 2 N–H and O–H groups in total. The molecule has 2 aliphatic rings. The molecular weight excluding hydrogens is 240 g/mol. The number of carboxylic acid groups (broad SMARTS) is 1. The van der Waals surface area contributed by atoms with Gasteiger partial charge in [-0.15, -0.1) is 0 Å². The molecule has 1 heterocycles. The van der Waals surface area contributed by atoms with Crippen molar-refractivity contribution in [3.63, 3.8) is 0 Å². The van der Waals surface area contributed by atoms with Crippen molar-refractivity contribution in [1.29, 1.82) is 0 Å². The molecule has 3 atom stereocenters. The number of rotatable bonds is 6. The first-order valence-corrected chi connectivity index (χ1v) is 7.80. The van der Waals surface area contributed by atoms with Crippen molar-refractivity contribution < 1.29 is 9.90 Å². The van der Waals surface area contributed by atoms with Crippen molar-refractivity contribution in [3.8, 4) is 0 Å². The number of nitrogens with one attached hydrogen (secondary N) is 1. The Hall–Kier alpha value is -0.610. The van der Waals surface area contributed by atoms with Crippen molar-refractivity contribution in [2.75, 3.05) is 20.1 Å². The Morgan fingerprint density at radius 1 is 1.42 bits per heavy atom. The van der Waals surface area contributed by atoms with Crippen LogP contribution in [0.5, 0.6) is 0 Å². The Balaban J connectivity index is 1.93. The summed E-state index contributed by atoms with van der Waals surface area (Å²) in [6.07, 6.45) is 7.73. The van der Waals surface area contributed by atoms with Gasteiger partial charge in [0, 0.05) is 6.04 Å². The number of hydrogen-bond donors (Lipinski definition) is 2. The van der Waals surface area contributed by atoms with Crippen LogP contribution >= 0.6 is 0 Å². The van der Waals surface area contributed by atoms with Gasteiger partial charge in [-0.3, -0.25) is 4.79 Å². The molecule has 0 aromatic carbocycles. The molecule has 0 amide bonds. The third-order valence-electron chi connectivity index (χ3n) is 5.38. The molecule has 0 bridgehead atoms. The standard InChI is InChI=1S/C15H28N2O2/c1-3-13-7-5-10-17(13)11-8-12-6-4-9-15(12,16-2)14(18)19/h12-13,16H,3-11H2,1-2H3,(H,18,19). The summed E-state index contributed by atoms with van der Waals surface area (Å²) in [5.74, 6) is -0.376. The lowest BCUT2D eigenvalue weighted by Crippen LogP contribution is -2.53. The van der Waals surface area contributed by atoms with Gasteiger partial charge in [-0.2, -0.15) is 0 Å². The van der Waals surface area contributed by atoms with Gasteiger partial charge < -0.3 is 15.3 Å². The summed E-state index contributed by atoms with van der Waals surface area (Å²) in [6.45, 7) is 4.53. The first kappa shape index (κ1) is 14.8. The van der Waals surface area contributed by atoms with Crippen LogP contribution in [0.4, 0.5) is 0 Å². The lowest BCUT2D eigenvalue weighted by atomic mass is 9.84. The SMILES string of the molecule is CCC1CCCN1CCC1CCCC1(NC)C(=O)O. The van der Waals surface area contributed by atoms with E-state index in [1.807, 2.05) is 0 Å². The van der Waals surface area contributed by atoms with Gasteiger partial charge in [-0.05, 0) is 64.6 Å². The molecule has 2 rings (SSSR count). The number of carboxylic acids is 1. The van der Waals surface area contributed by atoms with Crippen LogP contribution < -0.4 is 5.32 Å². The minimum absolute atomic E-state index is 0.285. The summed E-state index contributed by atoms with van der Waals surface area (Å²) in [5, 5.41) is 12.7. The normalized spacial score (nSPS) is 35.9. The molecule has 3 unspecified atom stereocenters. The zero-order valence-electron chi connectivity index (χ0n) is 12.3. The van der Waals surface area contributed by atoms with Crippen LogP contribution in [0.3, 0.4) is 0 Å². The highest BCUT2D eigenvalue weighted by atomic mass is 16.4. The smallest absolute Gasteiger partial charge is 0.324 e. The molecule has 0 spiro atoms. The number of aliphatic carboxylic acids is 1. The van der Waals surface area contributed by atoms with Crippen LogP contribution in [-0.2, 0) is 4.79 Å². The van der Waals surface area contributed by atoms with Gasteiger partial charge in [0.25, 0.3) is 0 Å². The molecule has 1 aliphatic carbocycles. The molecule has 0 aromatic heterocycles. The summed E-state index contributed by atoms with van der Waals surface area (Å²) < 4.78 is 0. The van der Waals surface area contributed by atoms with E-state index in [-0.39, 0.29) is 5.92 Å². The van der Waals surface area contributed by atoms with Crippen LogP contribution in [0.1, 0.15) is 51.9 Å². The maximum absolute atomic E-state index is 11.6. The Labute approximate surface area is 116 Å². The van der Waals surface area contributed by atoms with Crippen molar-refractivity contribution in [3.05, 3.63) is 0 Å². The fourth-order valence-corrected chi connectivity index (χ4v) is 4.16. The van der Waals surface area contributed by atoms with Crippen LogP contribution in [0.25, 0.3) is 0 Å². The predicted molar refractivity (Wildman–Crippen MR) is 76.3 cm³/mol. The maximum atomic E-state index is 11.6. The van der Waals surface area contributed by atoms with Crippen molar-refractivity contribution in [2.45, 2.75) is 63.5 Å². The lowest BCUT2D eigenvalue weighted by Gasteiger charge is -2.33.